The average molecular weight is 444 g/mol. The van der Waals surface area contributed by atoms with E-state index in [2.05, 4.69) is 4.98 Å². The molecule has 0 aliphatic rings. The summed E-state index contributed by atoms with van der Waals surface area (Å²) in [5.74, 6) is -1.01. The minimum Gasteiger partial charge on any atom is -0.289 e. The van der Waals surface area contributed by atoms with Gasteiger partial charge in [-0.15, -0.1) is 11.3 Å². The maximum absolute atomic E-state index is 13.1. The average Bonchev–Trinajstić information content (AvgIpc) is 3.16. The molecule has 0 radical (unpaired) electrons. The molecule has 160 valence electrons. The van der Waals surface area contributed by atoms with Crippen LogP contribution in [0.3, 0.4) is 0 Å². The summed E-state index contributed by atoms with van der Waals surface area (Å²) in [5, 5.41) is 2.03. The van der Waals surface area contributed by atoms with Gasteiger partial charge in [0.25, 0.3) is 0 Å². The highest BCUT2D eigenvalue weighted by Crippen LogP contribution is 2.33. The predicted octanol–water partition coefficient (Wildman–Crippen LogP) is 6.36. The number of aryl methyl sites for hydroxylation is 2. The highest BCUT2D eigenvalue weighted by molar-refractivity contribution is 7.14. The Bertz CT molecular complexity index is 1170. The topological polar surface area (TPSA) is 50.3 Å². The van der Waals surface area contributed by atoms with Crippen molar-refractivity contribution in [1.82, 2.24) is 4.98 Å². The molecule has 0 saturated heterocycles. The number of hydrogen-bond donors (Lipinski definition) is 0. The van der Waals surface area contributed by atoms with Gasteiger partial charge in [-0.1, -0.05) is 24.3 Å². The third-order valence-corrected chi connectivity index (χ3v) is 5.51. The first-order valence-corrected chi connectivity index (χ1v) is 10.2. The number of carbonyl (C=O) groups is 2. The second-order valence-corrected chi connectivity index (χ2v) is 7.76. The zero-order valence-corrected chi connectivity index (χ0v) is 17.8. The van der Waals surface area contributed by atoms with Gasteiger partial charge in [0.2, 0.25) is 5.91 Å². The summed E-state index contributed by atoms with van der Waals surface area (Å²) in [6.45, 7) is 5.33. The van der Waals surface area contributed by atoms with Crippen LogP contribution in [0.2, 0.25) is 0 Å². The largest absolute Gasteiger partial charge is 0.417 e. The smallest absolute Gasteiger partial charge is 0.289 e. The Labute approximate surface area is 181 Å². The van der Waals surface area contributed by atoms with Gasteiger partial charge in [-0.25, -0.2) is 4.98 Å². The molecular weight excluding hydrogens is 425 g/mol. The van der Waals surface area contributed by atoms with Crippen LogP contribution < -0.4 is 4.90 Å². The lowest BCUT2D eigenvalue weighted by Gasteiger charge is -2.19. The second kappa shape index (κ2) is 8.85. The number of carbonyl (C=O) groups excluding carboxylic acids is 2. The predicted molar refractivity (Wildman–Crippen MR) is 116 cm³/mol. The van der Waals surface area contributed by atoms with Crippen LogP contribution in [0, 0.1) is 13.8 Å². The number of anilines is 2. The molecule has 4 nitrogen and oxygen atoms in total. The molecule has 0 saturated carbocycles. The van der Waals surface area contributed by atoms with Crippen molar-refractivity contribution in [2.45, 2.75) is 26.9 Å². The molecule has 0 atom stereocenters. The normalized spacial score (nSPS) is 11.7. The van der Waals surface area contributed by atoms with Crippen molar-refractivity contribution in [2.75, 3.05) is 4.90 Å². The third-order valence-electron chi connectivity index (χ3n) is 4.67. The molecule has 0 spiro atoms. The summed E-state index contributed by atoms with van der Waals surface area (Å²) in [6, 6.07) is 10.2. The van der Waals surface area contributed by atoms with Crippen molar-refractivity contribution >= 4 is 39.9 Å². The molecule has 8 heteroatoms. The molecule has 3 rings (SSSR count). The van der Waals surface area contributed by atoms with Gasteiger partial charge in [0, 0.05) is 17.9 Å². The van der Waals surface area contributed by atoms with Crippen molar-refractivity contribution in [3.63, 3.8) is 0 Å². The minimum absolute atomic E-state index is 0.233. The van der Waals surface area contributed by atoms with Gasteiger partial charge in [-0.05, 0) is 55.3 Å². The van der Waals surface area contributed by atoms with Gasteiger partial charge in [-0.2, -0.15) is 13.2 Å². The number of allylic oxidation sites excluding steroid dienone is 1. The Morgan fingerprint density at radius 3 is 2.42 bits per heavy atom. The molecule has 2 aromatic carbocycles. The van der Waals surface area contributed by atoms with Crippen LogP contribution in [0.25, 0.3) is 6.08 Å². The highest BCUT2D eigenvalue weighted by Gasteiger charge is 2.34. The van der Waals surface area contributed by atoms with Gasteiger partial charge in [-0.3, -0.25) is 14.5 Å². The van der Waals surface area contributed by atoms with Crippen molar-refractivity contribution in [2.24, 2.45) is 0 Å². The first-order chi connectivity index (χ1) is 14.6. The summed E-state index contributed by atoms with van der Waals surface area (Å²) in [4.78, 5) is 30.4. The molecule has 0 bridgehead atoms. The van der Waals surface area contributed by atoms with E-state index in [1.807, 2.05) is 32.0 Å². The van der Waals surface area contributed by atoms with E-state index in [4.69, 9.17) is 0 Å². The first-order valence-electron chi connectivity index (χ1n) is 9.30. The monoisotopic (exact) mass is 444 g/mol. The van der Waals surface area contributed by atoms with Crippen LogP contribution in [-0.2, 0) is 11.0 Å². The molecule has 31 heavy (non-hydrogen) atoms. The number of hydrogen-bond acceptors (Lipinski definition) is 4. The molecule has 1 amide bonds. The lowest BCUT2D eigenvalue weighted by Crippen LogP contribution is -2.22. The molecule has 0 unspecified atom stereocenters. The van der Waals surface area contributed by atoms with Gasteiger partial charge in [0.1, 0.15) is 0 Å². The Kier molecular flexibility index (Phi) is 6.40. The van der Waals surface area contributed by atoms with Crippen LogP contribution in [-0.4, -0.2) is 16.7 Å². The van der Waals surface area contributed by atoms with Crippen molar-refractivity contribution < 1.29 is 22.8 Å². The number of ketones is 1. The minimum atomic E-state index is -4.62. The summed E-state index contributed by atoms with van der Waals surface area (Å²) >= 11 is 1.20. The summed E-state index contributed by atoms with van der Waals surface area (Å²) in [5.41, 5.74) is 1.73. The molecule has 0 N–H and O–H groups in total. The van der Waals surface area contributed by atoms with Gasteiger partial charge >= 0.3 is 6.18 Å². The lowest BCUT2D eigenvalue weighted by molar-refractivity contribution is -0.137. The molecule has 0 aliphatic carbocycles. The summed E-state index contributed by atoms with van der Waals surface area (Å²) < 4.78 is 39.4. The number of alkyl halides is 3. The molecule has 3 aromatic rings. The number of rotatable bonds is 5. The molecule has 0 aliphatic heterocycles. The van der Waals surface area contributed by atoms with Crippen LogP contribution in [0.4, 0.5) is 24.0 Å². The SMILES string of the molecule is CC(=O)N(c1ccc(C)c(C)c1)c1nc(/C=C/C(=O)c2ccccc2C(F)(F)F)cs1. The van der Waals surface area contributed by atoms with E-state index >= 15 is 0 Å². The number of thiazole rings is 1. The molecule has 0 fully saturated rings. The van der Waals surface area contributed by atoms with Crippen LogP contribution in [0.1, 0.15) is 39.7 Å². The third kappa shape index (κ3) is 5.08. The fourth-order valence-electron chi connectivity index (χ4n) is 2.94. The van der Waals surface area contributed by atoms with E-state index < -0.39 is 23.1 Å². The number of nitrogens with zero attached hydrogens (tertiary/aromatic N) is 2. The van der Waals surface area contributed by atoms with E-state index in [0.717, 1.165) is 29.3 Å². The van der Waals surface area contributed by atoms with E-state index in [1.165, 1.54) is 41.4 Å². The maximum atomic E-state index is 13.1. The van der Waals surface area contributed by atoms with Crippen LogP contribution >= 0.6 is 11.3 Å². The van der Waals surface area contributed by atoms with E-state index in [0.29, 0.717) is 16.5 Å². The van der Waals surface area contributed by atoms with Crippen LogP contribution in [0.15, 0.2) is 53.9 Å². The number of halogens is 3. The fourth-order valence-corrected chi connectivity index (χ4v) is 3.80. The zero-order chi connectivity index (χ0) is 22.8. The summed E-state index contributed by atoms with van der Waals surface area (Å²) in [6.07, 6.45) is -2.23. The maximum Gasteiger partial charge on any atom is 0.417 e. The van der Waals surface area contributed by atoms with Crippen molar-refractivity contribution in [3.8, 4) is 0 Å². The Morgan fingerprint density at radius 1 is 1.06 bits per heavy atom. The molecular formula is C23H19F3N2O2S. The Morgan fingerprint density at radius 2 is 1.77 bits per heavy atom. The van der Waals surface area contributed by atoms with Gasteiger partial charge < -0.3 is 0 Å². The quantitative estimate of drug-likeness (QED) is 0.340. The van der Waals surface area contributed by atoms with E-state index in [1.54, 1.807) is 5.38 Å². The Hall–Kier alpha value is -3.26. The molecule has 1 aromatic heterocycles. The van der Waals surface area contributed by atoms with Crippen molar-refractivity contribution in [3.05, 3.63) is 81.9 Å². The Balaban J connectivity index is 1.87. The van der Waals surface area contributed by atoms with Gasteiger partial charge in [0.05, 0.1) is 16.9 Å². The van der Waals surface area contributed by atoms with Crippen molar-refractivity contribution in [1.29, 1.82) is 0 Å². The van der Waals surface area contributed by atoms with E-state index in [9.17, 15) is 22.8 Å². The number of aromatic nitrogens is 1. The molecule has 1 heterocycles. The summed E-state index contributed by atoms with van der Waals surface area (Å²) in [7, 11) is 0. The second-order valence-electron chi connectivity index (χ2n) is 6.92. The highest BCUT2D eigenvalue weighted by atomic mass is 32.1. The van der Waals surface area contributed by atoms with Crippen LogP contribution in [0.5, 0.6) is 0 Å². The first kappa shape index (κ1) is 22.4. The number of amides is 1. The standard InChI is InChI=1S/C23H19F3N2O2S/c1-14-8-10-18(12-15(14)2)28(16(3)29)22-27-17(13-31-22)9-11-21(30)19-6-4-5-7-20(19)23(24,25)26/h4-13H,1-3H3/b11-9+. The van der Waals surface area contributed by atoms with E-state index in [-0.39, 0.29) is 5.91 Å². The number of benzene rings is 2. The fraction of sp³-hybridized carbons (Fsp3) is 0.174. The zero-order valence-electron chi connectivity index (χ0n) is 17.0. The van der Waals surface area contributed by atoms with Gasteiger partial charge in [0.15, 0.2) is 10.9 Å². The lowest BCUT2D eigenvalue weighted by atomic mass is 10.0.